The third kappa shape index (κ3) is 4.46. The van der Waals surface area contributed by atoms with Crippen molar-refractivity contribution in [3.8, 4) is 5.69 Å². The molecule has 2 heterocycles. The summed E-state index contributed by atoms with van der Waals surface area (Å²) in [5.41, 5.74) is 1.04. The lowest BCUT2D eigenvalue weighted by Gasteiger charge is -2.35. The number of rotatable bonds is 8. The van der Waals surface area contributed by atoms with Crippen molar-refractivity contribution in [2.24, 2.45) is 5.92 Å². The van der Waals surface area contributed by atoms with Crippen LogP contribution in [0.4, 0.5) is 0 Å². The second-order valence-corrected chi connectivity index (χ2v) is 15.3. The summed E-state index contributed by atoms with van der Waals surface area (Å²) >= 11 is 0. The van der Waals surface area contributed by atoms with E-state index >= 15 is 0 Å². The number of nitrogens with zero attached hydrogens (tertiary/aromatic N) is 3. The van der Waals surface area contributed by atoms with Gasteiger partial charge in [0.05, 0.1) is 11.2 Å². The first-order valence-electron chi connectivity index (χ1n) is 10.9. The molecule has 31 heavy (non-hydrogen) atoms. The Kier molecular flexibility index (Phi) is 6.05. The molecule has 1 N–H and O–H groups in total. The van der Waals surface area contributed by atoms with E-state index in [0.29, 0.717) is 18.6 Å². The molecule has 2 aromatic heterocycles. The molecule has 1 saturated carbocycles. The van der Waals surface area contributed by atoms with Crippen molar-refractivity contribution in [1.29, 1.82) is 0 Å². The van der Waals surface area contributed by atoms with Crippen molar-refractivity contribution in [3.63, 3.8) is 0 Å². The summed E-state index contributed by atoms with van der Waals surface area (Å²) in [7, 11) is -1.24. The molecule has 0 atom stereocenters. The first-order valence-corrected chi connectivity index (χ1v) is 14.6. The zero-order valence-electron chi connectivity index (χ0n) is 18.5. The van der Waals surface area contributed by atoms with Crippen molar-refractivity contribution < 1.29 is 9.84 Å². The summed E-state index contributed by atoms with van der Waals surface area (Å²) in [5, 5.41) is 10.3. The highest BCUT2D eigenvalue weighted by atomic mass is 28.3. The lowest BCUT2D eigenvalue weighted by atomic mass is 9.80. The molecule has 1 aliphatic rings. The quantitative estimate of drug-likeness (QED) is 0.430. The fraction of sp³-hybridized carbons (Fsp3) is 0.478. The molecule has 1 aliphatic carbocycles. The van der Waals surface area contributed by atoms with Crippen LogP contribution in [0.3, 0.4) is 0 Å². The predicted molar refractivity (Wildman–Crippen MR) is 125 cm³/mol. The first-order chi connectivity index (χ1) is 14.8. The lowest BCUT2D eigenvalue weighted by Crippen LogP contribution is -2.39. The van der Waals surface area contributed by atoms with Crippen molar-refractivity contribution in [2.75, 3.05) is 13.2 Å². The van der Waals surface area contributed by atoms with E-state index in [0.717, 1.165) is 40.0 Å². The van der Waals surface area contributed by atoms with Crippen molar-refractivity contribution in [2.45, 2.75) is 51.3 Å². The summed E-state index contributed by atoms with van der Waals surface area (Å²) in [6, 6.07) is 10.7. The van der Waals surface area contributed by atoms with Crippen molar-refractivity contribution in [3.05, 3.63) is 63.6 Å². The minimum absolute atomic E-state index is 0.0371. The summed E-state index contributed by atoms with van der Waals surface area (Å²) in [6.45, 7) is 7.53. The minimum Gasteiger partial charge on any atom is -0.396 e. The van der Waals surface area contributed by atoms with Gasteiger partial charge in [-0.2, -0.15) is 0 Å². The Morgan fingerprint density at radius 3 is 2.58 bits per heavy atom. The molecule has 0 aliphatic heterocycles. The third-order valence-electron chi connectivity index (χ3n) is 6.15. The van der Waals surface area contributed by atoms with E-state index in [2.05, 4.69) is 24.2 Å². The van der Waals surface area contributed by atoms with Gasteiger partial charge in [-0.05, 0) is 43.0 Å². The highest BCUT2D eigenvalue weighted by molar-refractivity contribution is 6.76. The highest BCUT2D eigenvalue weighted by Crippen LogP contribution is 2.40. The summed E-state index contributed by atoms with van der Waals surface area (Å²) in [4.78, 5) is 25.5. The minimum atomic E-state index is -1.24. The molecule has 0 saturated heterocycles. The van der Waals surface area contributed by atoms with Gasteiger partial charge in [0, 0.05) is 51.2 Å². The Morgan fingerprint density at radius 1 is 1.10 bits per heavy atom. The third-order valence-corrected chi connectivity index (χ3v) is 7.85. The number of fused-ring (bicyclic) bond motifs is 1. The van der Waals surface area contributed by atoms with Crippen LogP contribution in [0, 0.1) is 5.92 Å². The van der Waals surface area contributed by atoms with E-state index in [4.69, 9.17) is 4.74 Å². The normalized spacial score (nSPS) is 19.0. The number of aliphatic hydroxyl groups is 1. The molecule has 0 radical (unpaired) electrons. The van der Waals surface area contributed by atoms with E-state index in [9.17, 15) is 14.7 Å². The predicted octanol–water partition coefficient (Wildman–Crippen LogP) is 3.21. The van der Waals surface area contributed by atoms with E-state index in [-0.39, 0.29) is 18.9 Å². The lowest BCUT2D eigenvalue weighted by molar-refractivity contribution is 0.0810. The van der Waals surface area contributed by atoms with Crippen LogP contribution in [0.25, 0.3) is 16.6 Å². The summed E-state index contributed by atoms with van der Waals surface area (Å²) in [5.74, 6) is 0.373. The molecule has 166 valence electrons. The molecule has 8 heteroatoms. The number of hydrogen-bond donors (Lipinski definition) is 1. The van der Waals surface area contributed by atoms with Crippen LogP contribution in [0.15, 0.2) is 52.3 Å². The zero-order valence-corrected chi connectivity index (χ0v) is 19.5. The first kappa shape index (κ1) is 21.8. The largest absolute Gasteiger partial charge is 0.396 e. The monoisotopic (exact) mass is 441 g/mol. The van der Waals surface area contributed by atoms with E-state index in [1.54, 1.807) is 6.20 Å². The van der Waals surface area contributed by atoms with Gasteiger partial charge in [0.1, 0.15) is 6.73 Å². The molecule has 1 aromatic carbocycles. The molecule has 4 rings (SSSR count). The van der Waals surface area contributed by atoms with Gasteiger partial charge in [-0.3, -0.25) is 9.36 Å². The Balaban J connectivity index is 1.63. The fourth-order valence-corrected chi connectivity index (χ4v) is 4.89. The highest BCUT2D eigenvalue weighted by Gasteiger charge is 2.30. The maximum absolute atomic E-state index is 13.1. The van der Waals surface area contributed by atoms with E-state index in [1.165, 1.54) is 10.6 Å². The number of aromatic nitrogens is 3. The van der Waals surface area contributed by atoms with Gasteiger partial charge in [-0.15, -0.1) is 0 Å². The zero-order chi connectivity index (χ0) is 22.2. The second kappa shape index (κ2) is 8.61. The van der Waals surface area contributed by atoms with Gasteiger partial charge in [0.2, 0.25) is 0 Å². The van der Waals surface area contributed by atoms with Crippen LogP contribution in [-0.4, -0.2) is 40.1 Å². The molecule has 7 nitrogen and oxygen atoms in total. The molecule has 0 spiro atoms. The molecule has 1 fully saturated rings. The van der Waals surface area contributed by atoms with E-state index in [1.807, 2.05) is 30.5 Å². The van der Waals surface area contributed by atoms with Gasteiger partial charge in [0.15, 0.2) is 0 Å². The number of aliphatic hydroxyl groups excluding tert-OH is 1. The van der Waals surface area contributed by atoms with Crippen LogP contribution >= 0.6 is 0 Å². The standard InChI is InChI=1S/C23H31N3O4Si/c1-31(2,3)12-11-30-16-26-22(28)8-10-25(23(26)29)21-6-4-5-20-19(21)7-9-24(20)18-13-17(14-18)15-27/h4-10,17-18,27H,11-16H2,1-3H3. The van der Waals surface area contributed by atoms with Crippen LogP contribution in [0.2, 0.25) is 25.7 Å². The SMILES string of the molecule is C[Si](C)(C)CCOCn1c(=O)ccn(-c2cccc3c2ccn3C2CC(CO)C2)c1=O. The molecular formula is C23H31N3O4Si. The van der Waals surface area contributed by atoms with Crippen LogP contribution < -0.4 is 11.2 Å². The Labute approximate surface area is 182 Å². The fourth-order valence-electron chi connectivity index (χ4n) is 4.13. The van der Waals surface area contributed by atoms with Gasteiger partial charge in [-0.25, -0.2) is 9.36 Å². The summed E-state index contributed by atoms with van der Waals surface area (Å²) < 4.78 is 10.6. The molecule has 0 bridgehead atoms. The van der Waals surface area contributed by atoms with Gasteiger partial charge >= 0.3 is 5.69 Å². The Morgan fingerprint density at radius 2 is 1.87 bits per heavy atom. The maximum atomic E-state index is 13.1. The van der Waals surface area contributed by atoms with Crippen LogP contribution in [0.1, 0.15) is 18.9 Å². The second-order valence-electron chi connectivity index (χ2n) is 9.69. The van der Waals surface area contributed by atoms with E-state index < -0.39 is 13.8 Å². The maximum Gasteiger partial charge on any atom is 0.337 e. The number of hydrogen-bond acceptors (Lipinski definition) is 4. The van der Waals surface area contributed by atoms with Crippen molar-refractivity contribution >= 4 is 19.0 Å². The number of ether oxygens (including phenoxy) is 1. The molecule has 3 aromatic rings. The molecule has 0 unspecified atom stereocenters. The Bertz CT molecular complexity index is 1180. The van der Waals surface area contributed by atoms with Gasteiger partial charge in [-0.1, -0.05) is 25.7 Å². The van der Waals surface area contributed by atoms with Crippen LogP contribution in [0.5, 0.6) is 0 Å². The van der Waals surface area contributed by atoms with Crippen LogP contribution in [-0.2, 0) is 11.5 Å². The Hall–Kier alpha value is -2.42. The topological polar surface area (TPSA) is 78.4 Å². The van der Waals surface area contributed by atoms with Crippen molar-refractivity contribution in [1.82, 2.24) is 13.7 Å². The van der Waals surface area contributed by atoms with Gasteiger partial charge in [0.25, 0.3) is 5.56 Å². The molecule has 0 amide bonds. The summed E-state index contributed by atoms with van der Waals surface area (Å²) in [6.07, 6.45) is 5.52. The van der Waals surface area contributed by atoms with Gasteiger partial charge < -0.3 is 14.4 Å². The average molecular weight is 442 g/mol. The average Bonchev–Trinajstić information content (AvgIpc) is 3.10. The number of benzene rings is 1. The smallest absolute Gasteiger partial charge is 0.337 e. The molecular weight excluding hydrogens is 410 g/mol.